The Morgan fingerprint density at radius 1 is 1.29 bits per heavy atom. The number of carbonyl (C=O) groups is 1. The first-order chi connectivity index (χ1) is 8.27. The second-order valence-electron chi connectivity index (χ2n) is 3.83. The average Bonchev–Trinajstić information content (AvgIpc) is 2.38. The minimum atomic E-state index is -0.0449. The fourth-order valence-corrected chi connectivity index (χ4v) is 1.68. The Morgan fingerprint density at radius 2 is 2.00 bits per heavy atom. The van der Waals surface area contributed by atoms with Gasteiger partial charge in [0.15, 0.2) is 0 Å². The Kier molecular flexibility index (Phi) is 3.77. The molecule has 2 rings (SSSR count). The van der Waals surface area contributed by atoms with E-state index < -0.39 is 0 Å². The van der Waals surface area contributed by atoms with Crippen molar-refractivity contribution < 1.29 is 14.6 Å². The van der Waals surface area contributed by atoms with Crippen LogP contribution in [0, 0.1) is 0 Å². The SMILES string of the molecule is O=C(/C=C/c1ccccc1O)N1CCOCC1. The standard InChI is InChI=1S/C13H15NO3/c15-12-4-2-1-3-11(12)5-6-13(16)14-7-9-17-10-8-14/h1-6,15H,7-10H2/b6-5+. The van der Waals surface area contributed by atoms with Crippen molar-refractivity contribution >= 4 is 12.0 Å². The first-order valence-corrected chi connectivity index (χ1v) is 5.60. The van der Waals surface area contributed by atoms with Crippen molar-refractivity contribution in [3.63, 3.8) is 0 Å². The van der Waals surface area contributed by atoms with Crippen LogP contribution in [0.1, 0.15) is 5.56 Å². The first kappa shape index (κ1) is 11.7. The number of carbonyl (C=O) groups excluding carboxylic acids is 1. The number of morpholine rings is 1. The lowest BCUT2D eigenvalue weighted by Gasteiger charge is -2.25. The van der Waals surface area contributed by atoms with Gasteiger partial charge in [-0.15, -0.1) is 0 Å². The van der Waals surface area contributed by atoms with Gasteiger partial charge in [-0.3, -0.25) is 4.79 Å². The van der Waals surface area contributed by atoms with Crippen LogP contribution in [0.15, 0.2) is 30.3 Å². The second kappa shape index (κ2) is 5.50. The van der Waals surface area contributed by atoms with Gasteiger partial charge in [0.1, 0.15) is 5.75 Å². The van der Waals surface area contributed by atoms with Crippen LogP contribution >= 0.6 is 0 Å². The molecule has 0 aromatic heterocycles. The number of hydrogen-bond donors (Lipinski definition) is 1. The van der Waals surface area contributed by atoms with Gasteiger partial charge < -0.3 is 14.7 Å². The molecular weight excluding hydrogens is 218 g/mol. The van der Waals surface area contributed by atoms with E-state index >= 15 is 0 Å². The lowest BCUT2D eigenvalue weighted by molar-refractivity contribution is -0.129. The number of amides is 1. The van der Waals surface area contributed by atoms with Gasteiger partial charge >= 0.3 is 0 Å². The van der Waals surface area contributed by atoms with Gasteiger partial charge in [0, 0.05) is 24.7 Å². The fraction of sp³-hybridized carbons (Fsp3) is 0.308. The minimum Gasteiger partial charge on any atom is -0.507 e. The van der Waals surface area contributed by atoms with E-state index in [0.717, 1.165) is 0 Å². The summed E-state index contributed by atoms with van der Waals surface area (Å²) in [5.74, 6) is 0.134. The Labute approximate surface area is 100 Å². The summed E-state index contributed by atoms with van der Waals surface area (Å²) < 4.78 is 5.17. The lowest BCUT2D eigenvalue weighted by Crippen LogP contribution is -2.39. The third-order valence-electron chi connectivity index (χ3n) is 2.66. The Bertz CT molecular complexity index is 422. The molecule has 90 valence electrons. The molecule has 0 saturated carbocycles. The Balaban J connectivity index is 2.00. The normalized spacial score (nSPS) is 16.4. The summed E-state index contributed by atoms with van der Waals surface area (Å²) in [5, 5.41) is 9.54. The quantitative estimate of drug-likeness (QED) is 0.782. The summed E-state index contributed by atoms with van der Waals surface area (Å²) in [6, 6.07) is 6.92. The molecule has 0 spiro atoms. The summed E-state index contributed by atoms with van der Waals surface area (Å²) in [6.07, 6.45) is 3.12. The van der Waals surface area contributed by atoms with Crippen molar-refractivity contribution in [2.45, 2.75) is 0 Å². The van der Waals surface area contributed by atoms with Crippen LogP contribution in [0.3, 0.4) is 0 Å². The molecule has 1 aliphatic rings. The van der Waals surface area contributed by atoms with Gasteiger partial charge in [0.2, 0.25) is 5.91 Å². The predicted octanol–water partition coefficient (Wildman–Crippen LogP) is 1.26. The van der Waals surface area contributed by atoms with Crippen molar-refractivity contribution in [2.24, 2.45) is 0 Å². The zero-order chi connectivity index (χ0) is 12.1. The molecule has 1 aliphatic heterocycles. The number of phenols is 1. The van der Waals surface area contributed by atoms with Gasteiger partial charge in [-0.1, -0.05) is 18.2 Å². The van der Waals surface area contributed by atoms with Crippen LogP contribution in [0.5, 0.6) is 5.75 Å². The molecule has 0 radical (unpaired) electrons. The van der Waals surface area contributed by atoms with Gasteiger partial charge in [-0.25, -0.2) is 0 Å². The fourth-order valence-electron chi connectivity index (χ4n) is 1.68. The van der Waals surface area contributed by atoms with E-state index in [9.17, 15) is 9.90 Å². The van der Waals surface area contributed by atoms with Crippen molar-refractivity contribution in [1.82, 2.24) is 4.90 Å². The van der Waals surface area contributed by atoms with Crippen LogP contribution in [-0.4, -0.2) is 42.2 Å². The maximum Gasteiger partial charge on any atom is 0.246 e. The molecule has 1 aromatic rings. The van der Waals surface area contributed by atoms with Crippen molar-refractivity contribution in [3.8, 4) is 5.75 Å². The Morgan fingerprint density at radius 3 is 2.71 bits per heavy atom. The minimum absolute atomic E-state index is 0.0449. The average molecular weight is 233 g/mol. The molecule has 1 heterocycles. The molecule has 1 saturated heterocycles. The molecule has 1 N–H and O–H groups in total. The van der Waals surface area contributed by atoms with Crippen LogP contribution in [0.2, 0.25) is 0 Å². The van der Waals surface area contributed by atoms with Crippen LogP contribution in [0.4, 0.5) is 0 Å². The highest BCUT2D eigenvalue weighted by atomic mass is 16.5. The van der Waals surface area contributed by atoms with Crippen molar-refractivity contribution in [3.05, 3.63) is 35.9 Å². The van der Waals surface area contributed by atoms with Crippen LogP contribution in [0.25, 0.3) is 6.08 Å². The van der Waals surface area contributed by atoms with Gasteiger partial charge in [-0.05, 0) is 12.1 Å². The van der Waals surface area contributed by atoms with E-state index in [0.29, 0.717) is 31.9 Å². The third kappa shape index (κ3) is 3.07. The zero-order valence-electron chi connectivity index (χ0n) is 9.50. The maximum absolute atomic E-state index is 11.8. The summed E-state index contributed by atoms with van der Waals surface area (Å²) in [5.41, 5.74) is 0.647. The van der Waals surface area contributed by atoms with Crippen molar-refractivity contribution in [1.29, 1.82) is 0 Å². The van der Waals surface area contributed by atoms with Gasteiger partial charge in [-0.2, -0.15) is 0 Å². The number of nitrogens with zero attached hydrogens (tertiary/aromatic N) is 1. The smallest absolute Gasteiger partial charge is 0.246 e. The van der Waals surface area contributed by atoms with Crippen molar-refractivity contribution in [2.75, 3.05) is 26.3 Å². The second-order valence-corrected chi connectivity index (χ2v) is 3.83. The molecule has 0 unspecified atom stereocenters. The molecule has 0 aliphatic carbocycles. The zero-order valence-corrected chi connectivity index (χ0v) is 9.50. The number of phenolic OH excluding ortho intramolecular Hbond substituents is 1. The summed E-state index contributed by atoms with van der Waals surface area (Å²) in [6.45, 7) is 2.44. The number of rotatable bonds is 2. The van der Waals surface area contributed by atoms with E-state index in [1.807, 2.05) is 6.07 Å². The molecule has 0 bridgehead atoms. The highest BCUT2D eigenvalue weighted by molar-refractivity contribution is 5.92. The van der Waals surface area contributed by atoms with E-state index in [4.69, 9.17) is 4.74 Å². The molecule has 1 fully saturated rings. The summed E-state index contributed by atoms with van der Waals surface area (Å²) in [4.78, 5) is 13.5. The highest BCUT2D eigenvalue weighted by Crippen LogP contribution is 2.17. The van der Waals surface area contributed by atoms with E-state index in [1.165, 1.54) is 6.08 Å². The number of para-hydroxylation sites is 1. The molecule has 17 heavy (non-hydrogen) atoms. The summed E-state index contributed by atoms with van der Waals surface area (Å²) in [7, 11) is 0. The number of hydrogen-bond acceptors (Lipinski definition) is 3. The van der Waals surface area contributed by atoms with E-state index in [2.05, 4.69) is 0 Å². The van der Waals surface area contributed by atoms with Crippen LogP contribution in [-0.2, 0) is 9.53 Å². The topological polar surface area (TPSA) is 49.8 Å². The maximum atomic E-state index is 11.8. The predicted molar refractivity (Wildman–Crippen MR) is 64.5 cm³/mol. The monoisotopic (exact) mass is 233 g/mol. The molecule has 0 atom stereocenters. The third-order valence-corrected chi connectivity index (χ3v) is 2.66. The largest absolute Gasteiger partial charge is 0.507 e. The molecule has 4 heteroatoms. The first-order valence-electron chi connectivity index (χ1n) is 5.60. The van der Waals surface area contributed by atoms with E-state index in [1.54, 1.807) is 29.2 Å². The molecule has 4 nitrogen and oxygen atoms in total. The number of benzene rings is 1. The molecule has 1 aromatic carbocycles. The van der Waals surface area contributed by atoms with Crippen LogP contribution < -0.4 is 0 Å². The lowest BCUT2D eigenvalue weighted by atomic mass is 10.2. The number of aromatic hydroxyl groups is 1. The Hall–Kier alpha value is -1.81. The highest BCUT2D eigenvalue weighted by Gasteiger charge is 2.13. The van der Waals surface area contributed by atoms with Gasteiger partial charge in [0.05, 0.1) is 13.2 Å². The molecule has 1 amide bonds. The number of ether oxygens (including phenoxy) is 1. The van der Waals surface area contributed by atoms with E-state index in [-0.39, 0.29) is 11.7 Å². The molecular formula is C13H15NO3. The summed E-state index contributed by atoms with van der Waals surface area (Å²) >= 11 is 0. The van der Waals surface area contributed by atoms with Gasteiger partial charge in [0.25, 0.3) is 0 Å².